The van der Waals surface area contributed by atoms with Gasteiger partial charge in [-0.05, 0) is 25.7 Å². The zero-order valence-electron chi connectivity index (χ0n) is 11.1. The van der Waals surface area contributed by atoms with E-state index in [4.69, 9.17) is 5.73 Å². The van der Waals surface area contributed by atoms with Crippen molar-refractivity contribution < 1.29 is 9.59 Å². The molecular formula is C14H19N3O2. The largest absolute Gasteiger partial charge is 0.330 e. The van der Waals surface area contributed by atoms with Crippen LogP contribution in [0.3, 0.4) is 0 Å². The predicted octanol–water partition coefficient (Wildman–Crippen LogP) is 0.497. The summed E-state index contributed by atoms with van der Waals surface area (Å²) in [4.78, 5) is 27.5. The lowest BCUT2D eigenvalue weighted by Crippen LogP contribution is -2.48. The topological polar surface area (TPSA) is 66.6 Å². The Balaban J connectivity index is 2.19. The summed E-state index contributed by atoms with van der Waals surface area (Å²) in [6.45, 7) is 2.26. The van der Waals surface area contributed by atoms with Gasteiger partial charge in [0.25, 0.3) is 0 Å². The number of ketones is 1. The predicted molar refractivity (Wildman–Crippen MR) is 74.3 cm³/mol. The molecule has 0 saturated carbocycles. The number of anilines is 1. The van der Waals surface area contributed by atoms with E-state index < -0.39 is 0 Å². The third kappa shape index (κ3) is 3.19. The number of nitrogens with zero attached hydrogens (tertiary/aromatic N) is 2. The van der Waals surface area contributed by atoms with Gasteiger partial charge < -0.3 is 10.6 Å². The molecule has 1 aromatic rings. The Morgan fingerprint density at radius 1 is 1.37 bits per heavy atom. The van der Waals surface area contributed by atoms with Gasteiger partial charge in [0.15, 0.2) is 5.78 Å². The van der Waals surface area contributed by atoms with Crippen LogP contribution >= 0.6 is 0 Å². The van der Waals surface area contributed by atoms with Crippen LogP contribution in [0.4, 0.5) is 5.69 Å². The molecule has 19 heavy (non-hydrogen) atoms. The molecule has 5 nitrogen and oxygen atoms in total. The number of hydrogen-bond donors (Lipinski definition) is 1. The van der Waals surface area contributed by atoms with Crippen molar-refractivity contribution in [2.45, 2.75) is 6.42 Å². The molecule has 1 aliphatic heterocycles. The molecule has 102 valence electrons. The second kappa shape index (κ2) is 5.95. The number of carbonyl (C=O) groups is 2. The molecule has 0 radical (unpaired) electrons. The van der Waals surface area contributed by atoms with Gasteiger partial charge in [-0.1, -0.05) is 12.1 Å². The van der Waals surface area contributed by atoms with Crippen LogP contribution in [0.1, 0.15) is 16.8 Å². The van der Waals surface area contributed by atoms with Gasteiger partial charge in [-0.3, -0.25) is 14.5 Å². The van der Waals surface area contributed by atoms with Crippen molar-refractivity contribution in [3.63, 3.8) is 0 Å². The second-order valence-electron chi connectivity index (χ2n) is 4.80. The fourth-order valence-corrected chi connectivity index (χ4v) is 2.19. The van der Waals surface area contributed by atoms with E-state index in [1.807, 2.05) is 24.1 Å². The van der Waals surface area contributed by atoms with Crippen LogP contribution in [0.25, 0.3) is 0 Å². The summed E-state index contributed by atoms with van der Waals surface area (Å²) in [5.41, 5.74) is 6.81. The summed E-state index contributed by atoms with van der Waals surface area (Å²) in [5, 5.41) is 0. The molecule has 1 saturated heterocycles. The van der Waals surface area contributed by atoms with Crippen molar-refractivity contribution in [1.29, 1.82) is 0 Å². The second-order valence-corrected chi connectivity index (χ2v) is 4.80. The molecule has 5 heteroatoms. The summed E-state index contributed by atoms with van der Waals surface area (Å²) < 4.78 is 0. The number of piperazine rings is 1. The highest BCUT2D eigenvalue weighted by molar-refractivity contribution is 6.00. The Labute approximate surface area is 113 Å². The first-order valence-corrected chi connectivity index (χ1v) is 6.44. The number of nitrogens with two attached hydrogens (primary N) is 1. The number of carbonyl (C=O) groups excluding carboxylic acids is 2. The lowest BCUT2D eigenvalue weighted by Gasteiger charge is -2.32. The minimum atomic E-state index is 0.0194. The van der Waals surface area contributed by atoms with Crippen LogP contribution in [0.15, 0.2) is 24.3 Å². The lowest BCUT2D eigenvalue weighted by atomic mass is 10.1. The van der Waals surface area contributed by atoms with E-state index >= 15 is 0 Å². The fourth-order valence-electron chi connectivity index (χ4n) is 2.19. The van der Waals surface area contributed by atoms with Gasteiger partial charge in [-0.2, -0.15) is 0 Å². The summed E-state index contributed by atoms with van der Waals surface area (Å²) in [6, 6.07) is 7.22. The van der Waals surface area contributed by atoms with Gasteiger partial charge in [-0.15, -0.1) is 0 Å². The van der Waals surface area contributed by atoms with Crippen molar-refractivity contribution in [2.75, 3.05) is 38.1 Å². The monoisotopic (exact) mass is 261 g/mol. The zero-order chi connectivity index (χ0) is 13.8. The number of hydrogen-bond acceptors (Lipinski definition) is 4. The lowest BCUT2D eigenvalue weighted by molar-refractivity contribution is -0.120. The molecule has 0 atom stereocenters. The summed E-state index contributed by atoms with van der Waals surface area (Å²) in [7, 11) is 1.93. The Hall–Kier alpha value is -1.72. The Bertz CT molecular complexity index is 487. The molecule has 2 N–H and O–H groups in total. The molecule has 0 spiro atoms. The summed E-state index contributed by atoms with van der Waals surface area (Å²) in [6.07, 6.45) is 0.333. The Morgan fingerprint density at radius 3 is 2.84 bits per heavy atom. The number of amides is 1. The molecule has 0 aromatic heterocycles. The summed E-state index contributed by atoms with van der Waals surface area (Å²) in [5.74, 6) is 0.0862. The molecule has 0 unspecified atom stereocenters. The van der Waals surface area contributed by atoms with Crippen LogP contribution in [0, 0.1) is 0 Å². The normalized spacial score (nSPS) is 16.7. The van der Waals surface area contributed by atoms with Crippen LogP contribution in [-0.4, -0.2) is 49.8 Å². The third-order valence-electron chi connectivity index (χ3n) is 3.26. The maximum absolute atomic E-state index is 12.0. The van der Waals surface area contributed by atoms with E-state index in [0.717, 1.165) is 12.2 Å². The van der Waals surface area contributed by atoms with Crippen molar-refractivity contribution in [3.8, 4) is 0 Å². The molecule has 0 bridgehead atoms. The molecular weight excluding hydrogens is 242 g/mol. The van der Waals surface area contributed by atoms with E-state index in [1.165, 1.54) is 0 Å². The average molecular weight is 261 g/mol. The highest BCUT2D eigenvalue weighted by Crippen LogP contribution is 2.19. The molecule has 1 aliphatic rings. The van der Waals surface area contributed by atoms with Gasteiger partial charge in [-0.25, -0.2) is 0 Å². The third-order valence-corrected chi connectivity index (χ3v) is 3.26. The number of benzene rings is 1. The molecule has 1 heterocycles. The molecule has 1 aromatic carbocycles. The minimum Gasteiger partial charge on any atom is -0.330 e. The van der Waals surface area contributed by atoms with Crippen LogP contribution in [0.5, 0.6) is 0 Å². The van der Waals surface area contributed by atoms with Crippen molar-refractivity contribution in [1.82, 2.24) is 4.90 Å². The van der Waals surface area contributed by atoms with Gasteiger partial charge in [0.05, 0.1) is 6.54 Å². The van der Waals surface area contributed by atoms with Crippen molar-refractivity contribution >= 4 is 17.4 Å². The van der Waals surface area contributed by atoms with Crippen LogP contribution in [0.2, 0.25) is 0 Å². The van der Waals surface area contributed by atoms with Gasteiger partial charge in [0.2, 0.25) is 5.91 Å². The van der Waals surface area contributed by atoms with Gasteiger partial charge in [0, 0.05) is 30.8 Å². The highest BCUT2D eigenvalue weighted by Gasteiger charge is 2.23. The highest BCUT2D eigenvalue weighted by atomic mass is 16.2. The number of Topliss-reactive ketones (excluding diaryl/α,β-unsaturated/α-hetero) is 1. The SMILES string of the molecule is CN1CCN(c2cccc(C(=O)CCN)c2)C(=O)C1. The van der Waals surface area contributed by atoms with Crippen molar-refractivity contribution in [2.24, 2.45) is 5.73 Å². The Kier molecular flexibility index (Phi) is 4.29. The molecule has 0 aliphatic carbocycles. The van der Waals surface area contributed by atoms with Crippen LogP contribution < -0.4 is 10.6 Å². The first kappa shape index (κ1) is 13.7. The smallest absolute Gasteiger partial charge is 0.241 e. The zero-order valence-corrected chi connectivity index (χ0v) is 11.1. The van der Waals surface area contributed by atoms with Crippen LogP contribution in [-0.2, 0) is 4.79 Å². The van der Waals surface area contributed by atoms with E-state index in [9.17, 15) is 9.59 Å². The maximum Gasteiger partial charge on any atom is 0.241 e. The van der Waals surface area contributed by atoms with E-state index in [0.29, 0.717) is 31.6 Å². The van der Waals surface area contributed by atoms with E-state index in [1.54, 1.807) is 17.0 Å². The quantitative estimate of drug-likeness (QED) is 0.801. The fraction of sp³-hybridized carbons (Fsp3) is 0.429. The standard InChI is InChI=1S/C14H19N3O2/c1-16-7-8-17(14(19)10-16)12-4-2-3-11(9-12)13(18)5-6-15/h2-4,9H,5-8,10,15H2,1H3. The van der Waals surface area contributed by atoms with Crippen molar-refractivity contribution in [3.05, 3.63) is 29.8 Å². The number of likely N-dealkylation sites (N-methyl/N-ethyl adjacent to an activating group) is 1. The molecule has 2 rings (SSSR count). The first-order valence-electron chi connectivity index (χ1n) is 6.44. The average Bonchev–Trinajstić information content (AvgIpc) is 2.39. The maximum atomic E-state index is 12.0. The minimum absolute atomic E-state index is 0.0194. The molecule has 1 fully saturated rings. The van der Waals surface area contributed by atoms with E-state index in [-0.39, 0.29) is 11.7 Å². The van der Waals surface area contributed by atoms with E-state index in [2.05, 4.69) is 0 Å². The number of rotatable bonds is 4. The first-order chi connectivity index (χ1) is 9.11. The molecule has 1 amide bonds. The van der Waals surface area contributed by atoms with Gasteiger partial charge in [0.1, 0.15) is 0 Å². The van der Waals surface area contributed by atoms with Gasteiger partial charge >= 0.3 is 0 Å². The summed E-state index contributed by atoms with van der Waals surface area (Å²) >= 11 is 0. The Morgan fingerprint density at radius 2 is 2.16 bits per heavy atom.